The van der Waals surface area contributed by atoms with Gasteiger partial charge in [0, 0.05) is 34.7 Å². The van der Waals surface area contributed by atoms with E-state index in [-0.39, 0.29) is 6.04 Å². The van der Waals surface area contributed by atoms with E-state index >= 15 is 0 Å². The maximum Gasteiger partial charge on any atom is 0.221 e. The predicted molar refractivity (Wildman–Crippen MR) is 126 cm³/mol. The molecule has 1 aliphatic rings. The Morgan fingerprint density at radius 2 is 2.19 bits per heavy atom. The Balaban J connectivity index is 1.83. The van der Waals surface area contributed by atoms with E-state index in [2.05, 4.69) is 21.0 Å². The minimum absolute atomic E-state index is 0.0900. The van der Waals surface area contributed by atoms with Crippen molar-refractivity contribution >= 4 is 23.5 Å². The summed E-state index contributed by atoms with van der Waals surface area (Å²) in [5, 5.41) is 0.759. The van der Waals surface area contributed by atoms with Gasteiger partial charge < -0.3 is 15.2 Å². The van der Waals surface area contributed by atoms with Crippen LogP contribution in [0.25, 0.3) is 22.4 Å². The zero-order valence-electron chi connectivity index (χ0n) is 17.8. The van der Waals surface area contributed by atoms with Crippen LogP contribution in [0, 0.1) is 0 Å². The van der Waals surface area contributed by atoms with Gasteiger partial charge in [-0.15, -0.1) is 11.3 Å². The maximum absolute atomic E-state index is 6.01. The minimum Gasteiger partial charge on any atom is -0.493 e. The number of hydrogen-bond acceptors (Lipinski definition) is 6. The van der Waals surface area contributed by atoms with Crippen molar-refractivity contribution in [3.05, 3.63) is 46.4 Å². The highest BCUT2D eigenvalue weighted by Gasteiger charge is 2.23. The molecule has 0 fully saturated rings. The second-order valence-electron chi connectivity index (χ2n) is 7.21. The van der Waals surface area contributed by atoms with Crippen LogP contribution in [0.15, 0.2) is 46.5 Å². The summed E-state index contributed by atoms with van der Waals surface area (Å²) in [7, 11) is 0. The molecule has 0 spiro atoms. The molecule has 3 aromatic rings. The fraction of sp³-hybridized carbons (Fsp3) is 0.304. The summed E-state index contributed by atoms with van der Waals surface area (Å²) in [6, 6.07) is 10.1. The fourth-order valence-corrected chi connectivity index (χ4v) is 4.42. The summed E-state index contributed by atoms with van der Waals surface area (Å²) in [6.45, 7) is 7.10. The van der Waals surface area contributed by atoms with Crippen molar-refractivity contribution in [3.63, 3.8) is 0 Å². The third kappa shape index (κ3) is 4.44. The first-order valence-electron chi connectivity index (χ1n) is 10.3. The Labute approximate surface area is 185 Å². The van der Waals surface area contributed by atoms with Crippen LogP contribution < -0.4 is 15.2 Å². The zero-order valence-corrected chi connectivity index (χ0v) is 18.6. The number of ether oxygens (including phenoxy) is 2. The van der Waals surface area contributed by atoms with Gasteiger partial charge in [0.1, 0.15) is 5.75 Å². The molecule has 1 aromatic carbocycles. The summed E-state index contributed by atoms with van der Waals surface area (Å²) >= 11 is 1.59. The number of amidine groups is 1. The first-order chi connectivity index (χ1) is 15.1. The number of thiazole rings is 1. The van der Waals surface area contributed by atoms with Gasteiger partial charge in [-0.3, -0.25) is 4.99 Å². The van der Waals surface area contributed by atoms with E-state index in [9.17, 15) is 0 Å². The van der Waals surface area contributed by atoms with E-state index in [0.717, 1.165) is 44.4 Å². The van der Waals surface area contributed by atoms with Crippen molar-refractivity contribution in [1.29, 1.82) is 0 Å². The Morgan fingerprint density at radius 1 is 1.32 bits per heavy atom. The van der Waals surface area contributed by atoms with E-state index in [1.165, 1.54) is 6.34 Å². The van der Waals surface area contributed by atoms with Gasteiger partial charge in [0.05, 0.1) is 25.2 Å². The van der Waals surface area contributed by atoms with Crippen molar-refractivity contribution in [2.75, 3.05) is 13.2 Å². The highest BCUT2D eigenvalue weighted by atomic mass is 32.1. The van der Waals surface area contributed by atoms with Crippen LogP contribution in [-0.4, -0.2) is 41.4 Å². The van der Waals surface area contributed by atoms with Gasteiger partial charge in [-0.2, -0.15) is 0 Å². The quantitative estimate of drug-likeness (QED) is 0.475. The van der Waals surface area contributed by atoms with Crippen molar-refractivity contribution in [1.82, 2.24) is 9.97 Å². The van der Waals surface area contributed by atoms with Crippen molar-refractivity contribution in [3.8, 4) is 34.0 Å². The summed E-state index contributed by atoms with van der Waals surface area (Å²) in [5.74, 6) is 1.98. The molecule has 2 N–H and O–H groups in total. The Hall–Kier alpha value is -3.26. The normalized spacial score (nSPS) is 13.6. The lowest BCUT2D eigenvalue weighted by Crippen LogP contribution is -2.05. The molecule has 0 aliphatic carbocycles. The number of rotatable bonds is 5. The lowest BCUT2D eigenvalue weighted by Gasteiger charge is -2.12. The molecular formula is C23H25N5O2S. The molecule has 3 heterocycles. The molecule has 0 atom stereocenters. The topological polar surface area (TPSA) is 95.0 Å². The Morgan fingerprint density at radius 3 is 2.97 bits per heavy atom. The molecule has 160 valence electrons. The van der Waals surface area contributed by atoms with Crippen LogP contribution in [0.5, 0.6) is 11.6 Å². The van der Waals surface area contributed by atoms with Crippen LogP contribution >= 0.6 is 11.3 Å². The lowest BCUT2D eigenvalue weighted by molar-refractivity contribution is 0.327. The number of hydrogen-bond donors (Lipinski definition) is 1. The SMILES string of the molecule is CCOc1ncccc1-c1ccc2c(c1)-c1nc(C(N=CN)=NC(C)C)sc1CCO2. The highest BCUT2D eigenvalue weighted by Crippen LogP contribution is 2.41. The van der Waals surface area contributed by atoms with Crippen molar-refractivity contribution < 1.29 is 9.47 Å². The smallest absolute Gasteiger partial charge is 0.221 e. The fourth-order valence-electron chi connectivity index (χ4n) is 3.41. The van der Waals surface area contributed by atoms with Crippen LogP contribution in [0.2, 0.25) is 0 Å². The molecule has 31 heavy (non-hydrogen) atoms. The molecule has 0 saturated carbocycles. The maximum atomic E-state index is 6.01. The standard InChI is InChI=1S/C23H25N5O2S/c1-4-29-22-16(6-5-10-25-22)15-7-8-18-17(12-15)20-19(9-11-30-18)31-23(28-20)21(26-13-24)27-14(2)3/h5-8,10,12-14H,4,9,11H2,1-3H3,(H2,24,26,27). The van der Waals surface area contributed by atoms with E-state index in [4.69, 9.17) is 20.2 Å². The van der Waals surface area contributed by atoms with Gasteiger partial charge in [-0.1, -0.05) is 6.07 Å². The largest absolute Gasteiger partial charge is 0.493 e. The predicted octanol–water partition coefficient (Wildman–Crippen LogP) is 4.35. The Kier molecular flexibility index (Phi) is 6.27. The average Bonchev–Trinajstić information content (AvgIpc) is 3.10. The van der Waals surface area contributed by atoms with E-state index in [1.54, 1.807) is 17.5 Å². The Bertz CT molecular complexity index is 1140. The minimum atomic E-state index is 0.0900. The number of benzene rings is 1. The van der Waals surface area contributed by atoms with Gasteiger partial charge in [-0.05, 0) is 50.6 Å². The third-order valence-corrected chi connectivity index (χ3v) is 5.76. The summed E-state index contributed by atoms with van der Waals surface area (Å²) in [4.78, 5) is 19.3. The lowest BCUT2D eigenvalue weighted by atomic mass is 10.0. The molecule has 2 aromatic heterocycles. The molecule has 8 heteroatoms. The molecule has 7 nitrogen and oxygen atoms in total. The van der Waals surface area contributed by atoms with Crippen molar-refractivity contribution in [2.45, 2.75) is 33.2 Å². The van der Waals surface area contributed by atoms with Gasteiger partial charge in [0.25, 0.3) is 0 Å². The molecule has 1 aliphatic heterocycles. The van der Waals surface area contributed by atoms with Crippen LogP contribution in [0.3, 0.4) is 0 Å². The molecular weight excluding hydrogens is 410 g/mol. The number of fused-ring (bicyclic) bond motifs is 3. The van der Waals surface area contributed by atoms with Gasteiger partial charge in [-0.25, -0.2) is 15.0 Å². The number of aliphatic imine (C=N–C) groups is 2. The van der Waals surface area contributed by atoms with Crippen molar-refractivity contribution in [2.24, 2.45) is 15.7 Å². The first-order valence-corrected chi connectivity index (χ1v) is 11.1. The van der Waals surface area contributed by atoms with Crippen LogP contribution in [0.1, 0.15) is 30.7 Å². The number of aromatic nitrogens is 2. The van der Waals surface area contributed by atoms with Crippen LogP contribution in [-0.2, 0) is 6.42 Å². The molecule has 4 rings (SSSR count). The monoisotopic (exact) mass is 435 g/mol. The summed E-state index contributed by atoms with van der Waals surface area (Å²) in [5.41, 5.74) is 9.33. The number of nitrogens with two attached hydrogens (primary N) is 1. The van der Waals surface area contributed by atoms with E-state index < -0.39 is 0 Å². The van der Waals surface area contributed by atoms with E-state index in [1.807, 2.05) is 45.0 Å². The average molecular weight is 436 g/mol. The molecule has 0 saturated heterocycles. The molecule has 0 unspecified atom stereocenters. The second-order valence-corrected chi connectivity index (χ2v) is 8.30. The second kappa shape index (κ2) is 9.26. The molecule has 0 radical (unpaired) electrons. The third-order valence-electron chi connectivity index (χ3n) is 4.65. The summed E-state index contributed by atoms with van der Waals surface area (Å²) in [6.07, 6.45) is 3.77. The number of pyridine rings is 1. The van der Waals surface area contributed by atoms with E-state index in [0.29, 0.717) is 24.9 Å². The zero-order chi connectivity index (χ0) is 21.8. The summed E-state index contributed by atoms with van der Waals surface area (Å²) < 4.78 is 11.7. The highest BCUT2D eigenvalue weighted by molar-refractivity contribution is 7.14. The molecule has 0 amide bonds. The van der Waals surface area contributed by atoms with Gasteiger partial charge >= 0.3 is 0 Å². The molecule has 0 bridgehead atoms. The van der Waals surface area contributed by atoms with Gasteiger partial charge in [0.2, 0.25) is 5.88 Å². The first kappa shape index (κ1) is 21.0. The van der Waals surface area contributed by atoms with Crippen LogP contribution in [0.4, 0.5) is 0 Å². The van der Waals surface area contributed by atoms with Gasteiger partial charge in [0.15, 0.2) is 10.8 Å². The number of nitrogens with zero attached hydrogens (tertiary/aromatic N) is 4.